The predicted molar refractivity (Wildman–Crippen MR) is 93.9 cm³/mol. The van der Waals surface area contributed by atoms with Gasteiger partial charge in [-0.1, -0.05) is 24.3 Å². The van der Waals surface area contributed by atoms with Gasteiger partial charge in [0.25, 0.3) is 0 Å². The highest BCUT2D eigenvalue weighted by Crippen LogP contribution is 2.30. The van der Waals surface area contributed by atoms with Crippen LogP contribution in [-0.4, -0.2) is 54.9 Å². The molecule has 1 saturated heterocycles. The molecule has 0 bridgehead atoms. The highest BCUT2D eigenvalue weighted by atomic mass is 16.5. The number of carbonyl (C=O) groups excluding carboxylic acids is 1. The van der Waals surface area contributed by atoms with E-state index in [1.807, 2.05) is 17.0 Å². The molecule has 2 aliphatic rings. The van der Waals surface area contributed by atoms with Gasteiger partial charge in [-0.3, -0.25) is 0 Å². The molecule has 0 saturated carbocycles. The van der Waals surface area contributed by atoms with Crippen molar-refractivity contribution in [1.29, 1.82) is 0 Å². The summed E-state index contributed by atoms with van der Waals surface area (Å²) in [5.41, 5.74) is 2.36. The van der Waals surface area contributed by atoms with Crippen molar-refractivity contribution in [2.24, 2.45) is 0 Å². The second kappa shape index (κ2) is 8.16. The number of carbonyl (C=O) groups is 2. The number of rotatable bonds is 4. The molecule has 2 amide bonds. The SMILES string of the molecule is O=C(O)c1ccccc1C1CCN(C(=O)NCC2=CCCOC2)CC1. The van der Waals surface area contributed by atoms with E-state index in [1.54, 1.807) is 12.1 Å². The van der Waals surface area contributed by atoms with Gasteiger partial charge in [-0.2, -0.15) is 0 Å². The van der Waals surface area contributed by atoms with E-state index in [-0.39, 0.29) is 11.9 Å². The largest absolute Gasteiger partial charge is 0.478 e. The van der Waals surface area contributed by atoms with Gasteiger partial charge in [0.15, 0.2) is 0 Å². The van der Waals surface area contributed by atoms with E-state index >= 15 is 0 Å². The molecule has 2 aliphatic heterocycles. The summed E-state index contributed by atoms with van der Waals surface area (Å²) < 4.78 is 5.37. The van der Waals surface area contributed by atoms with Crippen LogP contribution in [0.4, 0.5) is 4.79 Å². The van der Waals surface area contributed by atoms with Gasteiger partial charge in [-0.05, 0) is 42.4 Å². The number of carboxylic acids is 1. The molecule has 2 N–H and O–H groups in total. The van der Waals surface area contributed by atoms with Crippen molar-refractivity contribution in [3.63, 3.8) is 0 Å². The van der Waals surface area contributed by atoms with Gasteiger partial charge in [0.2, 0.25) is 0 Å². The van der Waals surface area contributed by atoms with Crippen LogP contribution in [0.15, 0.2) is 35.9 Å². The molecule has 0 spiro atoms. The number of likely N-dealkylation sites (tertiary alicyclic amines) is 1. The Bertz CT molecular complexity index is 663. The minimum Gasteiger partial charge on any atom is -0.478 e. The number of hydrogen-bond acceptors (Lipinski definition) is 3. The lowest BCUT2D eigenvalue weighted by molar-refractivity contribution is 0.0694. The third-order valence-electron chi connectivity index (χ3n) is 4.86. The normalized spacial score (nSPS) is 18.6. The van der Waals surface area contributed by atoms with Crippen molar-refractivity contribution in [3.05, 3.63) is 47.0 Å². The maximum atomic E-state index is 12.3. The van der Waals surface area contributed by atoms with Crippen LogP contribution in [0.1, 0.15) is 41.1 Å². The van der Waals surface area contributed by atoms with Crippen LogP contribution >= 0.6 is 0 Å². The van der Waals surface area contributed by atoms with Crippen LogP contribution in [-0.2, 0) is 4.74 Å². The smallest absolute Gasteiger partial charge is 0.335 e. The Labute approximate surface area is 147 Å². The van der Waals surface area contributed by atoms with Gasteiger partial charge in [0.05, 0.1) is 18.8 Å². The zero-order valence-electron chi connectivity index (χ0n) is 14.2. The highest BCUT2D eigenvalue weighted by molar-refractivity contribution is 5.89. The van der Waals surface area contributed by atoms with Crippen molar-refractivity contribution >= 4 is 12.0 Å². The molecule has 0 radical (unpaired) electrons. The van der Waals surface area contributed by atoms with Crippen LogP contribution in [0.2, 0.25) is 0 Å². The summed E-state index contributed by atoms with van der Waals surface area (Å²) in [6, 6.07) is 7.10. The number of aromatic carboxylic acids is 1. The van der Waals surface area contributed by atoms with Gasteiger partial charge in [0, 0.05) is 19.6 Å². The Balaban J connectivity index is 1.52. The maximum absolute atomic E-state index is 12.3. The van der Waals surface area contributed by atoms with Crippen molar-refractivity contribution in [2.45, 2.75) is 25.2 Å². The summed E-state index contributed by atoms with van der Waals surface area (Å²) >= 11 is 0. The van der Waals surface area contributed by atoms with E-state index in [4.69, 9.17) is 4.74 Å². The third kappa shape index (κ3) is 4.39. The first-order valence-electron chi connectivity index (χ1n) is 8.76. The van der Waals surface area contributed by atoms with E-state index in [0.717, 1.165) is 37.0 Å². The number of nitrogens with zero attached hydrogens (tertiary/aromatic N) is 1. The molecule has 1 fully saturated rings. The molecule has 1 aromatic rings. The summed E-state index contributed by atoms with van der Waals surface area (Å²) in [7, 11) is 0. The average Bonchev–Trinajstić information content (AvgIpc) is 2.67. The van der Waals surface area contributed by atoms with Gasteiger partial charge >= 0.3 is 12.0 Å². The van der Waals surface area contributed by atoms with E-state index in [2.05, 4.69) is 11.4 Å². The molecular weight excluding hydrogens is 320 g/mol. The topological polar surface area (TPSA) is 78.9 Å². The lowest BCUT2D eigenvalue weighted by Crippen LogP contribution is -2.45. The molecular formula is C19H24N2O4. The molecule has 0 aliphatic carbocycles. The van der Waals surface area contributed by atoms with Crippen LogP contribution in [0.5, 0.6) is 0 Å². The van der Waals surface area contributed by atoms with Crippen LogP contribution in [0.25, 0.3) is 0 Å². The van der Waals surface area contributed by atoms with E-state index in [9.17, 15) is 14.7 Å². The number of carboxylic acid groups (broad SMARTS) is 1. The summed E-state index contributed by atoms with van der Waals surface area (Å²) in [6.07, 6.45) is 4.59. The number of urea groups is 1. The number of nitrogens with one attached hydrogen (secondary N) is 1. The van der Waals surface area contributed by atoms with Gasteiger partial charge < -0.3 is 20.1 Å². The fourth-order valence-corrected chi connectivity index (χ4v) is 3.47. The Kier molecular flexibility index (Phi) is 5.71. The lowest BCUT2D eigenvalue weighted by Gasteiger charge is -2.33. The van der Waals surface area contributed by atoms with Gasteiger partial charge in [-0.15, -0.1) is 0 Å². The van der Waals surface area contributed by atoms with Crippen molar-refractivity contribution in [3.8, 4) is 0 Å². The Morgan fingerprint density at radius 3 is 2.68 bits per heavy atom. The summed E-state index contributed by atoms with van der Waals surface area (Å²) in [4.78, 5) is 25.5. The van der Waals surface area contributed by atoms with E-state index < -0.39 is 5.97 Å². The van der Waals surface area contributed by atoms with Crippen molar-refractivity contribution in [2.75, 3.05) is 32.8 Å². The Morgan fingerprint density at radius 2 is 2.00 bits per heavy atom. The minimum atomic E-state index is -0.890. The molecule has 0 aromatic heterocycles. The number of hydrogen-bond donors (Lipinski definition) is 2. The summed E-state index contributed by atoms with van der Waals surface area (Å²) in [6.45, 7) is 3.15. The molecule has 1 aromatic carbocycles. The molecule has 134 valence electrons. The number of ether oxygens (including phenoxy) is 1. The first-order chi connectivity index (χ1) is 12.1. The van der Waals surface area contributed by atoms with Crippen molar-refractivity contribution < 1.29 is 19.4 Å². The Hall–Kier alpha value is -2.34. The number of amides is 2. The zero-order valence-corrected chi connectivity index (χ0v) is 14.2. The average molecular weight is 344 g/mol. The molecule has 0 atom stereocenters. The number of benzene rings is 1. The summed E-state index contributed by atoms with van der Waals surface area (Å²) in [5.74, 6) is -0.704. The van der Waals surface area contributed by atoms with Crippen LogP contribution in [0.3, 0.4) is 0 Å². The van der Waals surface area contributed by atoms with Crippen LogP contribution in [0, 0.1) is 0 Å². The molecule has 2 heterocycles. The van der Waals surface area contributed by atoms with Gasteiger partial charge in [0.1, 0.15) is 0 Å². The second-order valence-corrected chi connectivity index (χ2v) is 6.52. The molecule has 25 heavy (non-hydrogen) atoms. The molecule has 6 heteroatoms. The zero-order chi connectivity index (χ0) is 17.6. The highest BCUT2D eigenvalue weighted by Gasteiger charge is 2.26. The van der Waals surface area contributed by atoms with Crippen LogP contribution < -0.4 is 5.32 Å². The fraction of sp³-hybridized carbons (Fsp3) is 0.474. The van der Waals surface area contributed by atoms with E-state index in [1.165, 1.54) is 0 Å². The fourth-order valence-electron chi connectivity index (χ4n) is 3.47. The number of piperidine rings is 1. The maximum Gasteiger partial charge on any atom is 0.335 e. The van der Waals surface area contributed by atoms with Gasteiger partial charge in [-0.25, -0.2) is 9.59 Å². The Morgan fingerprint density at radius 1 is 1.24 bits per heavy atom. The monoisotopic (exact) mass is 344 g/mol. The first kappa shape index (κ1) is 17.5. The standard InChI is InChI=1S/C19H24N2O4/c22-18(23)17-6-2-1-5-16(17)15-7-9-21(10-8-15)19(24)20-12-14-4-3-11-25-13-14/h1-2,4-6,15H,3,7-13H2,(H,20,24)(H,22,23). The minimum absolute atomic E-state index is 0.0588. The first-order valence-corrected chi connectivity index (χ1v) is 8.76. The second-order valence-electron chi connectivity index (χ2n) is 6.52. The quantitative estimate of drug-likeness (QED) is 0.823. The van der Waals surface area contributed by atoms with E-state index in [0.29, 0.717) is 31.8 Å². The summed E-state index contributed by atoms with van der Waals surface area (Å²) in [5, 5.41) is 12.3. The molecule has 0 unspecified atom stereocenters. The third-order valence-corrected chi connectivity index (χ3v) is 4.86. The van der Waals surface area contributed by atoms with Crippen molar-refractivity contribution in [1.82, 2.24) is 10.2 Å². The molecule has 3 rings (SSSR count). The lowest BCUT2D eigenvalue weighted by atomic mass is 9.86. The predicted octanol–water partition coefficient (Wildman–Crippen LogP) is 2.62. The molecule has 6 nitrogen and oxygen atoms in total.